The number of hydrogen-bond donors (Lipinski definition) is 0. The third kappa shape index (κ3) is 1.85. The molecule has 0 spiro atoms. The van der Waals surface area contributed by atoms with Crippen molar-refractivity contribution < 1.29 is 4.57 Å². The van der Waals surface area contributed by atoms with Crippen LogP contribution in [0.1, 0.15) is 5.56 Å². The van der Waals surface area contributed by atoms with E-state index in [0.29, 0.717) is 0 Å². The molecule has 0 radical (unpaired) electrons. The molecule has 2 nitrogen and oxygen atoms in total. The molecule has 0 saturated heterocycles. The van der Waals surface area contributed by atoms with Gasteiger partial charge in [0.05, 0.1) is 10.3 Å². The van der Waals surface area contributed by atoms with Gasteiger partial charge in [0.15, 0.2) is 6.20 Å². The molecular weight excluding hydrogens is 276 g/mol. The minimum absolute atomic E-state index is 1.11. The molecule has 102 valence electrons. The molecule has 4 aromatic rings. The van der Waals surface area contributed by atoms with E-state index in [1.54, 1.807) is 11.3 Å². The number of pyridine rings is 2. The van der Waals surface area contributed by atoms with Gasteiger partial charge in [0.25, 0.3) is 0 Å². The molecule has 0 aliphatic rings. The Morgan fingerprint density at radius 2 is 1.90 bits per heavy atom. The highest BCUT2D eigenvalue weighted by Crippen LogP contribution is 2.39. The number of hydrogen-bond acceptors (Lipinski definition) is 2. The molecule has 0 saturated carbocycles. The molecule has 4 rings (SSSR count). The van der Waals surface area contributed by atoms with Crippen LogP contribution in [-0.2, 0) is 7.05 Å². The van der Waals surface area contributed by atoms with Crippen molar-refractivity contribution in [1.82, 2.24) is 4.98 Å². The highest BCUT2D eigenvalue weighted by Gasteiger charge is 2.18. The first-order chi connectivity index (χ1) is 10.3. The number of fused-ring (bicyclic) bond motifs is 3. The molecule has 21 heavy (non-hydrogen) atoms. The van der Waals surface area contributed by atoms with Crippen LogP contribution >= 0.6 is 11.3 Å². The maximum Gasteiger partial charge on any atom is 0.213 e. The van der Waals surface area contributed by atoms with Crippen LogP contribution in [0, 0.1) is 6.92 Å². The third-order valence-corrected chi connectivity index (χ3v) is 5.08. The van der Waals surface area contributed by atoms with Gasteiger partial charge in [-0.05, 0) is 30.7 Å². The lowest BCUT2D eigenvalue weighted by Crippen LogP contribution is -2.30. The normalized spacial score (nSPS) is 11.3. The van der Waals surface area contributed by atoms with Gasteiger partial charge in [0, 0.05) is 29.1 Å². The highest BCUT2D eigenvalue weighted by molar-refractivity contribution is 7.26. The standard InChI is InChI=1S/C18H15N2S/c1-12-8-9-13-14-6-5-10-19-18(14)21-17(13)16(12)15-7-3-4-11-20(15)2/h3-11H,1-2H3/q+1. The molecule has 3 aromatic heterocycles. The van der Waals surface area contributed by atoms with Crippen molar-refractivity contribution in [1.29, 1.82) is 0 Å². The summed E-state index contributed by atoms with van der Waals surface area (Å²) in [4.78, 5) is 5.63. The number of benzene rings is 1. The lowest BCUT2D eigenvalue weighted by molar-refractivity contribution is -0.660. The fourth-order valence-electron chi connectivity index (χ4n) is 2.87. The zero-order chi connectivity index (χ0) is 14.4. The quantitative estimate of drug-likeness (QED) is 0.479. The Hall–Kier alpha value is -2.26. The molecule has 0 unspecified atom stereocenters. The van der Waals surface area contributed by atoms with Gasteiger partial charge in [-0.1, -0.05) is 12.1 Å². The van der Waals surface area contributed by atoms with Gasteiger partial charge in [0.1, 0.15) is 11.9 Å². The van der Waals surface area contributed by atoms with Crippen molar-refractivity contribution >= 4 is 31.6 Å². The van der Waals surface area contributed by atoms with E-state index in [-0.39, 0.29) is 0 Å². The summed E-state index contributed by atoms with van der Waals surface area (Å²) in [6, 6.07) is 14.9. The van der Waals surface area contributed by atoms with Crippen LogP contribution < -0.4 is 4.57 Å². The topological polar surface area (TPSA) is 16.8 Å². The summed E-state index contributed by atoms with van der Waals surface area (Å²) in [5, 5.41) is 2.55. The van der Waals surface area contributed by atoms with Crippen molar-refractivity contribution in [2.75, 3.05) is 0 Å². The third-order valence-electron chi connectivity index (χ3n) is 3.94. The van der Waals surface area contributed by atoms with Gasteiger partial charge in [-0.25, -0.2) is 9.55 Å². The van der Waals surface area contributed by atoms with E-state index in [1.165, 1.54) is 32.3 Å². The Bertz CT molecular complexity index is 969. The predicted octanol–water partition coefficient (Wildman–Crippen LogP) is 4.25. The molecule has 0 aliphatic heterocycles. The first kappa shape index (κ1) is 12.5. The van der Waals surface area contributed by atoms with Crippen LogP contribution in [0.5, 0.6) is 0 Å². The summed E-state index contributed by atoms with van der Waals surface area (Å²) in [5.74, 6) is 0. The van der Waals surface area contributed by atoms with Crippen LogP contribution in [0.15, 0.2) is 54.9 Å². The zero-order valence-electron chi connectivity index (χ0n) is 12.0. The minimum atomic E-state index is 1.11. The lowest BCUT2D eigenvalue weighted by atomic mass is 10.0. The average molecular weight is 291 g/mol. The smallest absolute Gasteiger partial charge is 0.213 e. The van der Waals surface area contributed by atoms with E-state index >= 15 is 0 Å². The largest absolute Gasteiger partial charge is 0.245 e. The van der Waals surface area contributed by atoms with Crippen LogP contribution in [0.4, 0.5) is 0 Å². The van der Waals surface area contributed by atoms with E-state index in [9.17, 15) is 0 Å². The lowest BCUT2D eigenvalue weighted by Gasteiger charge is -2.05. The van der Waals surface area contributed by atoms with Gasteiger partial charge < -0.3 is 0 Å². The first-order valence-electron chi connectivity index (χ1n) is 6.97. The van der Waals surface area contributed by atoms with Gasteiger partial charge >= 0.3 is 0 Å². The number of rotatable bonds is 1. The van der Waals surface area contributed by atoms with Crippen LogP contribution in [-0.4, -0.2) is 4.98 Å². The fraction of sp³-hybridized carbons (Fsp3) is 0.111. The Morgan fingerprint density at radius 1 is 1.00 bits per heavy atom. The molecular formula is C18H15N2S+. The summed E-state index contributed by atoms with van der Waals surface area (Å²) < 4.78 is 3.50. The van der Waals surface area contributed by atoms with Crippen molar-refractivity contribution in [2.45, 2.75) is 6.92 Å². The van der Waals surface area contributed by atoms with E-state index in [2.05, 4.69) is 66.1 Å². The van der Waals surface area contributed by atoms with Crippen molar-refractivity contribution in [3.05, 3.63) is 60.4 Å². The Kier molecular flexibility index (Phi) is 2.76. The van der Waals surface area contributed by atoms with Gasteiger partial charge in [-0.2, -0.15) is 0 Å². The van der Waals surface area contributed by atoms with Crippen molar-refractivity contribution in [3.8, 4) is 11.3 Å². The monoisotopic (exact) mass is 291 g/mol. The maximum absolute atomic E-state index is 4.52. The first-order valence-corrected chi connectivity index (χ1v) is 7.79. The second-order valence-corrected chi connectivity index (χ2v) is 6.29. The molecule has 0 fully saturated rings. The van der Waals surface area contributed by atoms with E-state index < -0.39 is 0 Å². The maximum atomic E-state index is 4.52. The zero-order valence-corrected chi connectivity index (χ0v) is 12.8. The van der Waals surface area contributed by atoms with Crippen molar-refractivity contribution in [2.24, 2.45) is 7.05 Å². The van der Waals surface area contributed by atoms with Gasteiger partial charge in [-0.15, -0.1) is 11.3 Å². The molecule has 0 N–H and O–H groups in total. The molecule has 3 heteroatoms. The Labute approximate surface area is 127 Å². The second kappa shape index (κ2) is 4.64. The molecule has 0 amide bonds. The molecule has 3 heterocycles. The number of thiophene rings is 1. The van der Waals surface area contributed by atoms with Crippen LogP contribution in [0.2, 0.25) is 0 Å². The van der Waals surface area contributed by atoms with Crippen LogP contribution in [0.25, 0.3) is 31.6 Å². The summed E-state index contributed by atoms with van der Waals surface area (Å²) in [7, 11) is 2.10. The van der Waals surface area contributed by atoms with E-state index in [1.807, 2.05) is 12.3 Å². The van der Waals surface area contributed by atoms with Gasteiger partial charge in [0.2, 0.25) is 5.69 Å². The molecule has 0 aliphatic carbocycles. The molecule has 0 atom stereocenters. The molecule has 0 bridgehead atoms. The number of aromatic nitrogens is 2. The molecule has 1 aromatic carbocycles. The summed E-state index contributed by atoms with van der Waals surface area (Å²) >= 11 is 1.78. The summed E-state index contributed by atoms with van der Waals surface area (Å²) in [6.07, 6.45) is 3.96. The number of aryl methyl sites for hydroxylation is 2. The van der Waals surface area contributed by atoms with E-state index in [0.717, 1.165) is 4.83 Å². The van der Waals surface area contributed by atoms with E-state index in [4.69, 9.17) is 0 Å². The average Bonchev–Trinajstić information content (AvgIpc) is 2.87. The fourth-order valence-corrected chi connectivity index (χ4v) is 4.12. The number of nitrogens with zero attached hydrogens (tertiary/aromatic N) is 2. The summed E-state index contributed by atoms with van der Waals surface area (Å²) in [6.45, 7) is 2.18. The highest BCUT2D eigenvalue weighted by atomic mass is 32.1. The second-order valence-electron chi connectivity index (χ2n) is 5.29. The predicted molar refractivity (Wildman–Crippen MR) is 88.5 cm³/mol. The van der Waals surface area contributed by atoms with Gasteiger partial charge in [-0.3, -0.25) is 0 Å². The van der Waals surface area contributed by atoms with Crippen LogP contribution in [0.3, 0.4) is 0 Å². The summed E-state index contributed by atoms with van der Waals surface area (Å²) in [5.41, 5.74) is 3.86. The van der Waals surface area contributed by atoms with Crippen molar-refractivity contribution in [3.63, 3.8) is 0 Å². The SMILES string of the molecule is Cc1ccc2c(sc3ncccc32)c1-c1cccc[n+]1C. The Morgan fingerprint density at radius 3 is 2.76 bits per heavy atom. The Balaban J connectivity index is 2.18. The minimum Gasteiger partial charge on any atom is -0.245 e.